The van der Waals surface area contributed by atoms with Crippen molar-refractivity contribution >= 4 is 5.97 Å². The van der Waals surface area contributed by atoms with Crippen LogP contribution in [-0.2, 0) is 17.6 Å². The molecule has 1 fully saturated rings. The summed E-state index contributed by atoms with van der Waals surface area (Å²) in [5.41, 5.74) is 2.39. The average molecular weight is 373 g/mol. The lowest BCUT2D eigenvalue weighted by Gasteiger charge is -2.18. The second-order valence-corrected chi connectivity index (χ2v) is 9.32. The van der Waals surface area contributed by atoms with E-state index < -0.39 is 11.4 Å². The standard InChI is InChI=1S/C25H40O2/c1-25(2,24(26)27)19-10-6-5-9-14-23-16-11-15-22(20-23)13-8-4-3-7-12-21-17-18-21/h11,15-16,20-21H,3-10,12-14,17-19H2,1-2H3,(H,26,27). The molecule has 1 N–H and O–H groups in total. The van der Waals surface area contributed by atoms with E-state index in [2.05, 4.69) is 24.3 Å². The first-order valence-corrected chi connectivity index (χ1v) is 11.3. The van der Waals surface area contributed by atoms with Gasteiger partial charge in [-0.1, -0.05) is 82.1 Å². The second-order valence-electron chi connectivity index (χ2n) is 9.32. The van der Waals surface area contributed by atoms with Crippen LogP contribution in [0.2, 0.25) is 0 Å². The fraction of sp³-hybridized carbons (Fsp3) is 0.720. The molecule has 1 aromatic rings. The summed E-state index contributed by atoms with van der Waals surface area (Å²) in [6.45, 7) is 3.65. The van der Waals surface area contributed by atoms with Crippen molar-refractivity contribution in [2.45, 2.75) is 104 Å². The summed E-state index contributed by atoms with van der Waals surface area (Å²) in [6, 6.07) is 9.15. The molecular formula is C25H40O2. The Morgan fingerprint density at radius 1 is 0.926 bits per heavy atom. The van der Waals surface area contributed by atoms with Crippen LogP contribution in [-0.4, -0.2) is 11.1 Å². The van der Waals surface area contributed by atoms with E-state index in [1.54, 1.807) is 0 Å². The smallest absolute Gasteiger partial charge is 0.309 e. The Kier molecular flexibility index (Phi) is 9.38. The molecule has 1 aromatic carbocycles. The molecule has 1 saturated carbocycles. The van der Waals surface area contributed by atoms with Gasteiger partial charge in [0.25, 0.3) is 0 Å². The zero-order valence-electron chi connectivity index (χ0n) is 17.6. The van der Waals surface area contributed by atoms with E-state index in [1.165, 1.54) is 75.3 Å². The van der Waals surface area contributed by atoms with E-state index in [0.717, 1.165) is 31.6 Å². The van der Waals surface area contributed by atoms with Gasteiger partial charge in [-0.25, -0.2) is 0 Å². The molecule has 0 aromatic heterocycles. The first-order chi connectivity index (χ1) is 13.0. The fourth-order valence-electron chi connectivity index (χ4n) is 3.82. The maximum atomic E-state index is 11.1. The van der Waals surface area contributed by atoms with Crippen molar-refractivity contribution in [3.05, 3.63) is 35.4 Å². The van der Waals surface area contributed by atoms with Crippen LogP contribution in [0.4, 0.5) is 0 Å². The molecule has 152 valence electrons. The Bertz CT molecular complexity index is 557. The minimum atomic E-state index is -0.678. The van der Waals surface area contributed by atoms with E-state index in [9.17, 15) is 4.79 Å². The Labute approximate surface area is 166 Å². The van der Waals surface area contributed by atoms with Gasteiger partial charge in [0.05, 0.1) is 5.41 Å². The predicted molar refractivity (Wildman–Crippen MR) is 114 cm³/mol. The van der Waals surface area contributed by atoms with E-state index in [0.29, 0.717) is 0 Å². The van der Waals surface area contributed by atoms with Gasteiger partial charge in [0.2, 0.25) is 0 Å². The van der Waals surface area contributed by atoms with Crippen molar-refractivity contribution in [1.29, 1.82) is 0 Å². The Balaban J connectivity index is 1.53. The topological polar surface area (TPSA) is 37.3 Å². The summed E-state index contributed by atoms with van der Waals surface area (Å²) in [6.07, 6.45) is 17.7. The van der Waals surface area contributed by atoms with Gasteiger partial charge in [-0.3, -0.25) is 4.79 Å². The molecule has 0 amide bonds. The maximum absolute atomic E-state index is 11.1. The van der Waals surface area contributed by atoms with Crippen LogP contribution in [0, 0.1) is 11.3 Å². The van der Waals surface area contributed by atoms with Crippen molar-refractivity contribution < 1.29 is 9.90 Å². The van der Waals surface area contributed by atoms with Gasteiger partial charge >= 0.3 is 5.97 Å². The Morgan fingerprint density at radius 3 is 2.04 bits per heavy atom. The van der Waals surface area contributed by atoms with Gasteiger partial charge in [-0.15, -0.1) is 0 Å². The molecule has 0 atom stereocenters. The highest BCUT2D eigenvalue weighted by Crippen LogP contribution is 2.34. The Morgan fingerprint density at radius 2 is 1.48 bits per heavy atom. The number of aryl methyl sites for hydroxylation is 2. The van der Waals surface area contributed by atoms with Crippen LogP contribution in [0.25, 0.3) is 0 Å². The van der Waals surface area contributed by atoms with Crippen molar-refractivity contribution in [3.63, 3.8) is 0 Å². The van der Waals surface area contributed by atoms with Crippen LogP contribution >= 0.6 is 0 Å². The van der Waals surface area contributed by atoms with Crippen LogP contribution in [0.15, 0.2) is 24.3 Å². The molecular weight excluding hydrogens is 332 g/mol. The summed E-state index contributed by atoms with van der Waals surface area (Å²) >= 11 is 0. The van der Waals surface area contributed by atoms with E-state index >= 15 is 0 Å². The van der Waals surface area contributed by atoms with Gasteiger partial charge in [0.1, 0.15) is 0 Å². The van der Waals surface area contributed by atoms with Crippen molar-refractivity contribution in [2.24, 2.45) is 11.3 Å². The molecule has 2 rings (SSSR count). The summed E-state index contributed by atoms with van der Waals surface area (Å²) in [5, 5.41) is 9.15. The minimum Gasteiger partial charge on any atom is -0.481 e. The molecule has 0 saturated heterocycles. The fourth-order valence-corrected chi connectivity index (χ4v) is 3.82. The number of carbonyl (C=O) groups is 1. The molecule has 0 aliphatic heterocycles. The van der Waals surface area contributed by atoms with Crippen LogP contribution in [0.5, 0.6) is 0 Å². The molecule has 0 radical (unpaired) electrons. The molecule has 0 heterocycles. The number of unbranched alkanes of at least 4 members (excludes halogenated alkanes) is 6. The highest BCUT2D eigenvalue weighted by atomic mass is 16.4. The van der Waals surface area contributed by atoms with Crippen molar-refractivity contribution in [2.75, 3.05) is 0 Å². The third kappa shape index (κ3) is 9.44. The van der Waals surface area contributed by atoms with E-state index in [4.69, 9.17) is 5.11 Å². The number of hydrogen-bond acceptors (Lipinski definition) is 1. The molecule has 0 spiro atoms. The molecule has 1 aliphatic carbocycles. The summed E-state index contributed by atoms with van der Waals surface area (Å²) in [5.74, 6) is 0.410. The zero-order valence-corrected chi connectivity index (χ0v) is 17.6. The monoisotopic (exact) mass is 372 g/mol. The zero-order chi connectivity index (χ0) is 19.5. The molecule has 2 nitrogen and oxygen atoms in total. The number of benzene rings is 1. The van der Waals surface area contributed by atoms with E-state index in [1.807, 2.05) is 13.8 Å². The quantitative estimate of drug-likeness (QED) is 0.331. The number of hydrogen-bond donors (Lipinski definition) is 1. The van der Waals surface area contributed by atoms with Gasteiger partial charge in [-0.2, -0.15) is 0 Å². The van der Waals surface area contributed by atoms with Gasteiger partial charge in [0, 0.05) is 0 Å². The highest BCUT2D eigenvalue weighted by Gasteiger charge is 2.25. The first-order valence-electron chi connectivity index (χ1n) is 11.3. The molecule has 2 heteroatoms. The predicted octanol–water partition coefficient (Wildman–Crippen LogP) is 7.19. The van der Waals surface area contributed by atoms with Gasteiger partial charge in [0.15, 0.2) is 0 Å². The minimum absolute atomic E-state index is 0.577. The molecule has 27 heavy (non-hydrogen) atoms. The number of carboxylic acid groups (broad SMARTS) is 1. The summed E-state index contributed by atoms with van der Waals surface area (Å²) in [7, 11) is 0. The SMILES string of the molecule is CC(C)(CCCCCCc1cccc(CCCCCCC2CC2)c1)C(=O)O. The number of aliphatic carboxylic acids is 1. The van der Waals surface area contributed by atoms with Crippen molar-refractivity contribution in [1.82, 2.24) is 0 Å². The molecule has 0 unspecified atom stereocenters. The summed E-state index contributed by atoms with van der Waals surface area (Å²) < 4.78 is 0. The lowest BCUT2D eigenvalue weighted by Crippen LogP contribution is -2.23. The third-order valence-electron chi connectivity index (χ3n) is 6.11. The highest BCUT2D eigenvalue weighted by molar-refractivity contribution is 5.73. The lowest BCUT2D eigenvalue weighted by atomic mass is 9.87. The Hall–Kier alpha value is -1.31. The second kappa shape index (κ2) is 11.5. The largest absolute Gasteiger partial charge is 0.481 e. The van der Waals surface area contributed by atoms with E-state index in [-0.39, 0.29) is 0 Å². The number of carboxylic acids is 1. The van der Waals surface area contributed by atoms with Crippen LogP contribution in [0.3, 0.4) is 0 Å². The third-order valence-corrected chi connectivity index (χ3v) is 6.11. The van der Waals surface area contributed by atoms with Crippen LogP contribution < -0.4 is 0 Å². The van der Waals surface area contributed by atoms with Crippen LogP contribution in [0.1, 0.15) is 102 Å². The lowest BCUT2D eigenvalue weighted by molar-refractivity contribution is -0.147. The molecule has 1 aliphatic rings. The number of rotatable bonds is 15. The average Bonchev–Trinajstić information content (AvgIpc) is 3.45. The first kappa shape index (κ1) is 22.0. The molecule has 0 bridgehead atoms. The van der Waals surface area contributed by atoms with Gasteiger partial charge in [-0.05, 0) is 63.0 Å². The van der Waals surface area contributed by atoms with Gasteiger partial charge < -0.3 is 5.11 Å². The van der Waals surface area contributed by atoms with Crippen molar-refractivity contribution in [3.8, 4) is 0 Å². The normalized spacial score (nSPS) is 14.4. The maximum Gasteiger partial charge on any atom is 0.309 e. The summed E-state index contributed by atoms with van der Waals surface area (Å²) in [4.78, 5) is 11.1.